The zero-order chi connectivity index (χ0) is 13.2. The topological polar surface area (TPSA) is 95.4 Å². The van der Waals surface area contributed by atoms with Crippen LogP contribution in [0.25, 0.3) is 0 Å². The molecule has 0 heterocycles. The van der Waals surface area contributed by atoms with Crippen LogP contribution in [0.15, 0.2) is 18.2 Å². The van der Waals surface area contributed by atoms with Crippen LogP contribution in [-0.4, -0.2) is 17.5 Å². The van der Waals surface area contributed by atoms with Crippen molar-refractivity contribution in [2.75, 3.05) is 5.73 Å². The third-order valence-corrected chi connectivity index (χ3v) is 1.87. The Morgan fingerprint density at radius 2 is 1.65 bits per heavy atom. The molecule has 0 aliphatic rings. The van der Waals surface area contributed by atoms with Gasteiger partial charge in [0.05, 0.1) is 5.56 Å². The maximum absolute atomic E-state index is 11.8. The van der Waals surface area contributed by atoms with E-state index in [2.05, 4.69) is 0 Å². The predicted molar refractivity (Wildman–Crippen MR) is 64.5 cm³/mol. The van der Waals surface area contributed by atoms with E-state index in [0.717, 1.165) is 0 Å². The molecular weight excluding hydrogens is 220 g/mol. The van der Waals surface area contributed by atoms with E-state index in [1.165, 1.54) is 18.2 Å². The number of esters is 1. The number of nitrogens with two attached hydrogens (primary N) is 2. The van der Waals surface area contributed by atoms with Crippen LogP contribution in [0.5, 0.6) is 0 Å². The lowest BCUT2D eigenvalue weighted by atomic mass is 10.1. The van der Waals surface area contributed by atoms with Crippen LogP contribution in [-0.2, 0) is 4.74 Å². The third kappa shape index (κ3) is 3.79. The molecule has 0 aliphatic carbocycles. The lowest BCUT2D eigenvalue weighted by Crippen LogP contribution is -2.24. The molecule has 0 fully saturated rings. The molecule has 1 rings (SSSR count). The number of ether oxygens (including phenoxy) is 1. The number of amides is 1. The Bertz CT molecular complexity index is 461. The number of hydrogen-bond acceptors (Lipinski definition) is 4. The number of primary amides is 1. The van der Waals surface area contributed by atoms with Crippen molar-refractivity contribution in [1.82, 2.24) is 0 Å². The summed E-state index contributed by atoms with van der Waals surface area (Å²) in [5.41, 5.74) is 10.8. The van der Waals surface area contributed by atoms with Gasteiger partial charge in [-0.3, -0.25) is 4.79 Å². The largest absolute Gasteiger partial charge is 0.456 e. The molecule has 0 radical (unpaired) electrons. The molecule has 0 bridgehead atoms. The second-order valence-electron chi connectivity index (χ2n) is 4.71. The molecule has 0 aliphatic heterocycles. The molecule has 4 N–H and O–H groups in total. The number of benzene rings is 1. The van der Waals surface area contributed by atoms with E-state index >= 15 is 0 Å². The van der Waals surface area contributed by atoms with Crippen LogP contribution in [0.1, 0.15) is 41.5 Å². The van der Waals surface area contributed by atoms with Gasteiger partial charge in [0.1, 0.15) is 5.60 Å². The molecule has 1 amide bonds. The van der Waals surface area contributed by atoms with E-state index in [0.29, 0.717) is 5.69 Å². The van der Waals surface area contributed by atoms with E-state index in [1.54, 1.807) is 20.8 Å². The highest BCUT2D eigenvalue weighted by Crippen LogP contribution is 2.16. The van der Waals surface area contributed by atoms with Crippen molar-refractivity contribution in [2.24, 2.45) is 5.73 Å². The van der Waals surface area contributed by atoms with Crippen LogP contribution >= 0.6 is 0 Å². The van der Waals surface area contributed by atoms with Crippen LogP contribution in [0.2, 0.25) is 0 Å². The monoisotopic (exact) mass is 236 g/mol. The van der Waals surface area contributed by atoms with Gasteiger partial charge in [0.2, 0.25) is 5.91 Å². The summed E-state index contributed by atoms with van der Waals surface area (Å²) in [6.45, 7) is 5.27. The second-order valence-corrected chi connectivity index (χ2v) is 4.71. The van der Waals surface area contributed by atoms with Crippen molar-refractivity contribution < 1.29 is 14.3 Å². The molecular formula is C12H16N2O3. The maximum atomic E-state index is 11.8. The summed E-state index contributed by atoms with van der Waals surface area (Å²) < 4.78 is 5.17. The lowest BCUT2D eigenvalue weighted by molar-refractivity contribution is 0.00696. The smallest absolute Gasteiger partial charge is 0.338 e. The summed E-state index contributed by atoms with van der Waals surface area (Å²) in [6.07, 6.45) is 0. The molecule has 0 unspecified atom stereocenters. The quantitative estimate of drug-likeness (QED) is 0.598. The Morgan fingerprint density at radius 3 is 2.12 bits per heavy atom. The summed E-state index contributed by atoms with van der Waals surface area (Å²) in [4.78, 5) is 22.8. The zero-order valence-electron chi connectivity index (χ0n) is 10.1. The summed E-state index contributed by atoms with van der Waals surface area (Å²) >= 11 is 0. The zero-order valence-corrected chi connectivity index (χ0v) is 10.1. The summed E-state index contributed by atoms with van der Waals surface area (Å²) in [5, 5.41) is 0. The van der Waals surface area contributed by atoms with E-state index in [4.69, 9.17) is 16.2 Å². The number of anilines is 1. The Morgan fingerprint density at radius 1 is 1.12 bits per heavy atom. The van der Waals surface area contributed by atoms with E-state index < -0.39 is 17.5 Å². The average Bonchev–Trinajstić information content (AvgIpc) is 2.13. The number of rotatable bonds is 2. The standard InChI is InChI=1S/C12H16N2O3/c1-12(2,3)17-11(16)8-4-7(10(14)15)5-9(13)6-8/h4-6H,13H2,1-3H3,(H2,14,15). The Labute approximate surface area is 99.7 Å². The fourth-order valence-electron chi connectivity index (χ4n) is 1.25. The first-order valence-electron chi connectivity index (χ1n) is 5.13. The third-order valence-electron chi connectivity index (χ3n) is 1.87. The van der Waals surface area contributed by atoms with Gasteiger partial charge in [-0.15, -0.1) is 0 Å². The summed E-state index contributed by atoms with van der Waals surface area (Å²) in [6, 6.07) is 4.23. The highest BCUT2D eigenvalue weighted by Gasteiger charge is 2.19. The van der Waals surface area contributed by atoms with Gasteiger partial charge in [0.15, 0.2) is 0 Å². The van der Waals surface area contributed by atoms with Gasteiger partial charge in [-0.1, -0.05) is 0 Å². The number of carbonyl (C=O) groups is 2. The minimum atomic E-state index is -0.637. The van der Waals surface area contributed by atoms with Crippen molar-refractivity contribution >= 4 is 17.6 Å². The molecule has 0 saturated heterocycles. The highest BCUT2D eigenvalue weighted by molar-refractivity contribution is 5.98. The molecule has 1 aromatic carbocycles. The number of carbonyl (C=O) groups excluding carboxylic acids is 2. The van der Waals surface area contributed by atoms with Crippen molar-refractivity contribution in [1.29, 1.82) is 0 Å². The molecule has 1 aromatic rings. The average molecular weight is 236 g/mol. The molecule has 0 spiro atoms. The number of hydrogen-bond donors (Lipinski definition) is 2. The Kier molecular flexibility index (Phi) is 3.41. The van der Waals surface area contributed by atoms with Gasteiger partial charge in [-0.25, -0.2) is 4.79 Å². The fraction of sp³-hybridized carbons (Fsp3) is 0.333. The first-order valence-corrected chi connectivity index (χ1v) is 5.13. The van der Waals surface area contributed by atoms with Gasteiger partial charge in [-0.05, 0) is 39.0 Å². The van der Waals surface area contributed by atoms with Crippen molar-refractivity contribution in [2.45, 2.75) is 26.4 Å². The van der Waals surface area contributed by atoms with Crippen LogP contribution in [0, 0.1) is 0 Å². The van der Waals surface area contributed by atoms with E-state index in [1.807, 2.05) is 0 Å². The fourth-order valence-corrected chi connectivity index (χ4v) is 1.25. The van der Waals surface area contributed by atoms with Crippen molar-refractivity contribution in [3.63, 3.8) is 0 Å². The molecule has 0 aromatic heterocycles. The summed E-state index contributed by atoms with van der Waals surface area (Å²) in [5.74, 6) is -1.17. The van der Waals surface area contributed by atoms with Crippen LogP contribution < -0.4 is 11.5 Å². The minimum absolute atomic E-state index is 0.186. The van der Waals surface area contributed by atoms with Gasteiger partial charge in [-0.2, -0.15) is 0 Å². The summed E-state index contributed by atoms with van der Waals surface area (Å²) in [7, 11) is 0. The SMILES string of the molecule is CC(C)(C)OC(=O)c1cc(N)cc(C(N)=O)c1. The first kappa shape index (κ1) is 13.0. The molecule has 0 saturated carbocycles. The van der Waals surface area contributed by atoms with E-state index in [9.17, 15) is 9.59 Å². The Hall–Kier alpha value is -2.04. The van der Waals surface area contributed by atoms with E-state index in [-0.39, 0.29) is 11.1 Å². The molecule has 17 heavy (non-hydrogen) atoms. The van der Waals surface area contributed by atoms with Gasteiger partial charge in [0, 0.05) is 11.3 Å². The minimum Gasteiger partial charge on any atom is -0.456 e. The van der Waals surface area contributed by atoms with Gasteiger partial charge < -0.3 is 16.2 Å². The molecule has 5 heteroatoms. The molecule has 5 nitrogen and oxygen atoms in total. The predicted octanol–water partition coefficient (Wildman–Crippen LogP) is 1.32. The Balaban J connectivity index is 3.06. The normalized spacial score (nSPS) is 11.0. The van der Waals surface area contributed by atoms with Crippen molar-refractivity contribution in [3.8, 4) is 0 Å². The lowest BCUT2D eigenvalue weighted by Gasteiger charge is -2.19. The van der Waals surface area contributed by atoms with Gasteiger partial charge >= 0.3 is 5.97 Å². The molecule has 92 valence electrons. The van der Waals surface area contributed by atoms with Crippen LogP contribution in [0.4, 0.5) is 5.69 Å². The highest BCUT2D eigenvalue weighted by atomic mass is 16.6. The second kappa shape index (κ2) is 4.45. The number of nitrogen functional groups attached to an aromatic ring is 1. The first-order chi connectivity index (χ1) is 7.69. The maximum Gasteiger partial charge on any atom is 0.338 e. The van der Waals surface area contributed by atoms with Crippen molar-refractivity contribution in [3.05, 3.63) is 29.3 Å². The van der Waals surface area contributed by atoms with Crippen LogP contribution in [0.3, 0.4) is 0 Å². The molecule has 0 atom stereocenters. The van der Waals surface area contributed by atoms with Gasteiger partial charge in [0.25, 0.3) is 0 Å².